The van der Waals surface area contributed by atoms with Gasteiger partial charge in [-0.3, -0.25) is 4.40 Å². The van der Waals surface area contributed by atoms with Gasteiger partial charge in [-0.15, -0.1) is 0 Å². The number of benzene rings is 1. The minimum atomic E-state index is 0.484. The standard InChI is InChI=1S/C14H15N3O/c1-9-13(8-15)17-12-5-4-11(18-2)7-10(12)3-6-14(17)16-9/h3-7H,8,15H2,1-2H3. The highest BCUT2D eigenvalue weighted by molar-refractivity contribution is 5.83. The van der Waals surface area contributed by atoms with Crippen molar-refractivity contribution in [1.82, 2.24) is 9.38 Å². The van der Waals surface area contributed by atoms with Crippen LogP contribution in [0.3, 0.4) is 0 Å². The maximum Gasteiger partial charge on any atom is 0.137 e. The number of nitrogens with zero attached hydrogens (tertiary/aromatic N) is 2. The Morgan fingerprint density at radius 1 is 1.28 bits per heavy atom. The van der Waals surface area contributed by atoms with Crippen molar-refractivity contribution in [2.24, 2.45) is 5.73 Å². The van der Waals surface area contributed by atoms with E-state index in [2.05, 4.69) is 15.5 Å². The maximum atomic E-state index is 5.82. The van der Waals surface area contributed by atoms with Gasteiger partial charge in [0, 0.05) is 11.9 Å². The van der Waals surface area contributed by atoms with Crippen LogP contribution in [0.2, 0.25) is 0 Å². The molecule has 4 heteroatoms. The van der Waals surface area contributed by atoms with Gasteiger partial charge in [0.1, 0.15) is 11.4 Å². The van der Waals surface area contributed by atoms with Crippen molar-refractivity contribution < 1.29 is 4.74 Å². The second-order valence-corrected chi connectivity index (χ2v) is 4.30. The molecule has 0 bridgehead atoms. The van der Waals surface area contributed by atoms with E-state index in [1.807, 2.05) is 31.2 Å². The molecular weight excluding hydrogens is 226 g/mol. The first-order chi connectivity index (χ1) is 8.74. The zero-order chi connectivity index (χ0) is 12.7. The first-order valence-electron chi connectivity index (χ1n) is 5.89. The second-order valence-electron chi connectivity index (χ2n) is 4.30. The number of fused-ring (bicyclic) bond motifs is 3. The summed E-state index contributed by atoms with van der Waals surface area (Å²) in [7, 11) is 1.67. The Balaban J connectivity index is 2.44. The summed E-state index contributed by atoms with van der Waals surface area (Å²) >= 11 is 0. The van der Waals surface area contributed by atoms with Crippen LogP contribution in [0.5, 0.6) is 5.75 Å². The van der Waals surface area contributed by atoms with Gasteiger partial charge in [-0.2, -0.15) is 0 Å². The van der Waals surface area contributed by atoms with Gasteiger partial charge in [-0.25, -0.2) is 4.98 Å². The highest BCUT2D eigenvalue weighted by atomic mass is 16.5. The predicted octanol–water partition coefficient (Wildman–Crippen LogP) is 2.26. The molecule has 0 fully saturated rings. The number of rotatable bonds is 2. The highest BCUT2D eigenvalue weighted by Crippen LogP contribution is 2.24. The quantitative estimate of drug-likeness (QED) is 0.748. The van der Waals surface area contributed by atoms with Crippen LogP contribution in [-0.4, -0.2) is 16.5 Å². The third-order valence-electron chi connectivity index (χ3n) is 3.28. The number of methoxy groups -OCH3 is 1. The maximum absolute atomic E-state index is 5.82. The molecule has 0 aliphatic rings. The molecule has 1 aromatic carbocycles. The van der Waals surface area contributed by atoms with Crippen LogP contribution in [0, 0.1) is 6.92 Å². The Morgan fingerprint density at radius 3 is 2.83 bits per heavy atom. The molecule has 2 aromatic heterocycles. The van der Waals surface area contributed by atoms with E-state index in [9.17, 15) is 0 Å². The number of aromatic nitrogens is 2. The van der Waals surface area contributed by atoms with Crippen LogP contribution in [0.15, 0.2) is 30.3 Å². The molecule has 2 N–H and O–H groups in total. The molecule has 0 aliphatic heterocycles. The lowest BCUT2D eigenvalue weighted by molar-refractivity contribution is 0.415. The summed E-state index contributed by atoms with van der Waals surface area (Å²) in [5.41, 5.74) is 9.91. The Hall–Kier alpha value is -2.07. The monoisotopic (exact) mass is 241 g/mol. The van der Waals surface area contributed by atoms with Crippen molar-refractivity contribution in [3.8, 4) is 5.75 Å². The molecule has 0 aliphatic carbocycles. The first kappa shape index (κ1) is 11.0. The molecule has 2 heterocycles. The zero-order valence-corrected chi connectivity index (χ0v) is 10.5. The molecule has 0 atom stereocenters. The number of ether oxygens (including phenoxy) is 1. The summed E-state index contributed by atoms with van der Waals surface area (Å²) in [6, 6.07) is 10.1. The Morgan fingerprint density at radius 2 is 2.11 bits per heavy atom. The fourth-order valence-electron chi connectivity index (χ4n) is 2.37. The minimum Gasteiger partial charge on any atom is -0.497 e. The van der Waals surface area contributed by atoms with Crippen LogP contribution in [-0.2, 0) is 6.54 Å². The fraction of sp³-hybridized carbons (Fsp3) is 0.214. The lowest BCUT2D eigenvalue weighted by Gasteiger charge is -2.07. The summed E-state index contributed by atoms with van der Waals surface area (Å²) < 4.78 is 7.36. The zero-order valence-electron chi connectivity index (χ0n) is 10.5. The van der Waals surface area contributed by atoms with Crippen LogP contribution in [0.1, 0.15) is 11.4 Å². The normalized spacial score (nSPS) is 11.3. The number of hydrogen-bond acceptors (Lipinski definition) is 3. The Bertz CT molecular complexity index is 731. The highest BCUT2D eigenvalue weighted by Gasteiger charge is 2.10. The molecule has 0 saturated carbocycles. The third-order valence-corrected chi connectivity index (χ3v) is 3.28. The topological polar surface area (TPSA) is 52.5 Å². The minimum absolute atomic E-state index is 0.484. The van der Waals surface area contributed by atoms with E-state index in [4.69, 9.17) is 10.5 Å². The van der Waals surface area contributed by atoms with Gasteiger partial charge in [0.25, 0.3) is 0 Å². The number of imidazole rings is 1. The molecule has 0 saturated heterocycles. The van der Waals surface area contributed by atoms with Crippen LogP contribution in [0.25, 0.3) is 16.6 Å². The van der Waals surface area contributed by atoms with Gasteiger partial charge in [0.2, 0.25) is 0 Å². The van der Waals surface area contributed by atoms with E-state index >= 15 is 0 Å². The van der Waals surface area contributed by atoms with Gasteiger partial charge in [-0.05, 0) is 37.3 Å². The van der Waals surface area contributed by atoms with E-state index in [0.29, 0.717) is 6.54 Å². The van der Waals surface area contributed by atoms with Crippen molar-refractivity contribution in [3.63, 3.8) is 0 Å². The summed E-state index contributed by atoms with van der Waals surface area (Å²) in [5.74, 6) is 0.855. The number of aryl methyl sites for hydroxylation is 1. The molecule has 0 unspecified atom stereocenters. The Kier molecular flexibility index (Phi) is 2.45. The second kappa shape index (κ2) is 3.99. The lowest BCUT2D eigenvalue weighted by atomic mass is 10.2. The van der Waals surface area contributed by atoms with E-state index in [-0.39, 0.29) is 0 Å². The molecule has 3 aromatic rings. The largest absolute Gasteiger partial charge is 0.497 e. The summed E-state index contributed by atoms with van der Waals surface area (Å²) in [4.78, 5) is 4.53. The smallest absolute Gasteiger partial charge is 0.137 e. The average Bonchev–Trinajstić information content (AvgIpc) is 2.73. The number of nitrogens with two attached hydrogens (primary N) is 1. The van der Waals surface area contributed by atoms with Crippen molar-refractivity contribution in [2.45, 2.75) is 13.5 Å². The first-order valence-corrected chi connectivity index (χ1v) is 5.89. The van der Waals surface area contributed by atoms with Crippen molar-refractivity contribution in [3.05, 3.63) is 41.7 Å². The van der Waals surface area contributed by atoms with Gasteiger partial charge in [0.15, 0.2) is 0 Å². The average molecular weight is 241 g/mol. The molecule has 0 spiro atoms. The van der Waals surface area contributed by atoms with E-state index in [0.717, 1.165) is 33.7 Å². The van der Waals surface area contributed by atoms with E-state index in [1.54, 1.807) is 7.11 Å². The molecular formula is C14H15N3O. The van der Waals surface area contributed by atoms with Gasteiger partial charge in [-0.1, -0.05) is 0 Å². The fourth-order valence-corrected chi connectivity index (χ4v) is 2.37. The number of hydrogen-bond donors (Lipinski definition) is 1. The predicted molar refractivity (Wildman–Crippen MR) is 71.9 cm³/mol. The molecule has 18 heavy (non-hydrogen) atoms. The van der Waals surface area contributed by atoms with Gasteiger partial charge < -0.3 is 10.5 Å². The number of pyridine rings is 1. The molecule has 4 nitrogen and oxygen atoms in total. The SMILES string of the molecule is COc1ccc2c(ccc3nc(C)c(CN)n32)c1. The van der Waals surface area contributed by atoms with E-state index < -0.39 is 0 Å². The summed E-state index contributed by atoms with van der Waals surface area (Å²) in [6.45, 7) is 2.47. The van der Waals surface area contributed by atoms with Crippen molar-refractivity contribution >= 4 is 16.6 Å². The van der Waals surface area contributed by atoms with E-state index in [1.165, 1.54) is 0 Å². The van der Waals surface area contributed by atoms with Crippen LogP contribution < -0.4 is 10.5 Å². The molecule has 0 radical (unpaired) electrons. The van der Waals surface area contributed by atoms with Crippen LogP contribution >= 0.6 is 0 Å². The van der Waals surface area contributed by atoms with Gasteiger partial charge >= 0.3 is 0 Å². The Labute approximate surface area is 105 Å². The van der Waals surface area contributed by atoms with Gasteiger partial charge in [0.05, 0.1) is 24.0 Å². The van der Waals surface area contributed by atoms with Crippen molar-refractivity contribution in [1.29, 1.82) is 0 Å². The molecule has 92 valence electrons. The van der Waals surface area contributed by atoms with Crippen molar-refractivity contribution in [2.75, 3.05) is 7.11 Å². The lowest BCUT2D eigenvalue weighted by Crippen LogP contribution is -2.03. The summed E-state index contributed by atoms with van der Waals surface area (Å²) in [6.07, 6.45) is 0. The third kappa shape index (κ3) is 1.46. The summed E-state index contributed by atoms with van der Waals surface area (Å²) in [5, 5.41) is 1.12. The molecule has 0 amide bonds. The van der Waals surface area contributed by atoms with Crippen LogP contribution in [0.4, 0.5) is 0 Å². The molecule has 3 rings (SSSR count).